The summed E-state index contributed by atoms with van der Waals surface area (Å²) in [5, 5.41) is 13.7. The standard InChI is InChI=1S/C14H19N3O3S/c1-2-7-15-9-10-17-21(19,20)13-5-3-4-12-11(13)6-8-16-14(12)18/h3-6,8,15,17H,2,7,9-10H2,1H3,(H,16,18). The molecule has 1 heterocycles. The predicted molar refractivity (Wildman–Crippen MR) is 81.8 cm³/mol. The number of rotatable bonds is 7. The Labute approximate surface area is 124 Å². The van der Waals surface area contributed by atoms with E-state index in [0.717, 1.165) is 13.0 Å². The van der Waals surface area contributed by atoms with E-state index < -0.39 is 10.0 Å². The van der Waals surface area contributed by atoms with Crippen LogP contribution in [0.4, 0.5) is 0 Å². The molecule has 0 bridgehead atoms. The van der Waals surface area contributed by atoms with Gasteiger partial charge in [-0.1, -0.05) is 13.0 Å². The highest BCUT2D eigenvalue weighted by molar-refractivity contribution is 7.89. The van der Waals surface area contributed by atoms with E-state index in [-0.39, 0.29) is 10.8 Å². The zero-order valence-corrected chi connectivity index (χ0v) is 12.7. The number of sulfonamides is 1. The van der Waals surface area contributed by atoms with Gasteiger partial charge < -0.3 is 10.4 Å². The molecule has 0 atom stereocenters. The number of nitrogens with one attached hydrogen (secondary N) is 2. The molecule has 0 spiro atoms. The third-order valence-electron chi connectivity index (χ3n) is 3.06. The molecule has 0 saturated carbocycles. The van der Waals surface area contributed by atoms with Gasteiger partial charge in [-0.2, -0.15) is 0 Å². The van der Waals surface area contributed by atoms with E-state index in [0.29, 0.717) is 23.9 Å². The molecule has 7 heteroatoms. The summed E-state index contributed by atoms with van der Waals surface area (Å²) in [4.78, 5) is 3.90. The van der Waals surface area contributed by atoms with Crippen molar-refractivity contribution in [2.75, 3.05) is 19.6 Å². The van der Waals surface area contributed by atoms with Crippen LogP contribution >= 0.6 is 0 Å². The molecule has 1 aromatic carbocycles. The van der Waals surface area contributed by atoms with Crippen LogP contribution in [0.3, 0.4) is 0 Å². The number of fused-ring (bicyclic) bond motifs is 1. The fraction of sp³-hybridized carbons (Fsp3) is 0.357. The lowest BCUT2D eigenvalue weighted by molar-refractivity contribution is 0.460. The minimum absolute atomic E-state index is 0.146. The minimum Gasteiger partial charge on any atom is -0.493 e. The number of aromatic hydroxyl groups is 1. The highest BCUT2D eigenvalue weighted by Gasteiger charge is 2.17. The normalized spacial score (nSPS) is 11.9. The van der Waals surface area contributed by atoms with Gasteiger partial charge in [0.2, 0.25) is 15.9 Å². The maximum Gasteiger partial charge on any atom is 0.241 e. The Morgan fingerprint density at radius 2 is 1.95 bits per heavy atom. The zero-order chi connectivity index (χ0) is 15.3. The molecule has 114 valence electrons. The first-order valence-electron chi connectivity index (χ1n) is 6.83. The molecule has 0 aliphatic carbocycles. The van der Waals surface area contributed by atoms with Crippen molar-refractivity contribution in [3.63, 3.8) is 0 Å². The van der Waals surface area contributed by atoms with Gasteiger partial charge in [-0.15, -0.1) is 0 Å². The van der Waals surface area contributed by atoms with E-state index in [1.807, 2.05) is 6.92 Å². The molecule has 1 aromatic heterocycles. The second-order valence-electron chi connectivity index (χ2n) is 4.63. The van der Waals surface area contributed by atoms with Crippen LogP contribution < -0.4 is 10.0 Å². The van der Waals surface area contributed by atoms with Crippen molar-refractivity contribution < 1.29 is 13.5 Å². The molecule has 2 rings (SSSR count). The average Bonchev–Trinajstić information content (AvgIpc) is 2.47. The maximum atomic E-state index is 12.3. The van der Waals surface area contributed by atoms with Gasteiger partial charge in [0.05, 0.1) is 4.90 Å². The summed E-state index contributed by atoms with van der Waals surface area (Å²) < 4.78 is 27.3. The highest BCUT2D eigenvalue weighted by Crippen LogP contribution is 2.27. The van der Waals surface area contributed by atoms with Crippen LogP contribution in [0, 0.1) is 0 Å². The summed E-state index contributed by atoms with van der Waals surface area (Å²) in [5.74, 6) is -0.172. The predicted octanol–water partition coefficient (Wildman–Crippen LogP) is 1.22. The van der Waals surface area contributed by atoms with E-state index >= 15 is 0 Å². The van der Waals surface area contributed by atoms with Crippen molar-refractivity contribution in [1.82, 2.24) is 15.0 Å². The largest absolute Gasteiger partial charge is 0.493 e. The molecule has 0 saturated heterocycles. The number of pyridine rings is 1. The zero-order valence-electron chi connectivity index (χ0n) is 11.8. The summed E-state index contributed by atoms with van der Waals surface area (Å²) in [6.45, 7) is 3.80. The van der Waals surface area contributed by atoms with Gasteiger partial charge in [-0.3, -0.25) is 0 Å². The number of aromatic nitrogens is 1. The van der Waals surface area contributed by atoms with Crippen LogP contribution in [-0.2, 0) is 10.0 Å². The Morgan fingerprint density at radius 3 is 2.71 bits per heavy atom. The van der Waals surface area contributed by atoms with Crippen LogP contribution in [0.5, 0.6) is 5.88 Å². The molecule has 3 N–H and O–H groups in total. The van der Waals surface area contributed by atoms with Crippen molar-refractivity contribution in [2.45, 2.75) is 18.2 Å². The number of benzene rings is 1. The van der Waals surface area contributed by atoms with Crippen molar-refractivity contribution in [3.8, 4) is 5.88 Å². The van der Waals surface area contributed by atoms with Gasteiger partial charge in [0.1, 0.15) is 0 Å². The van der Waals surface area contributed by atoms with E-state index in [4.69, 9.17) is 0 Å². The molecule has 0 unspecified atom stereocenters. The SMILES string of the molecule is CCCNCCNS(=O)(=O)c1cccc2c(O)nccc12. The summed E-state index contributed by atoms with van der Waals surface area (Å²) in [7, 11) is -3.62. The summed E-state index contributed by atoms with van der Waals surface area (Å²) in [6.07, 6.45) is 2.39. The molecular formula is C14H19N3O3S. The Bertz CT molecular complexity index is 716. The van der Waals surface area contributed by atoms with Crippen molar-refractivity contribution in [2.24, 2.45) is 0 Å². The third-order valence-corrected chi connectivity index (χ3v) is 4.57. The van der Waals surface area contributed by atoms with Crippen LogP contribution in [0.25, 0.3) is 10.8 Å². The molecule has 2 aromatic rings. The summed E-state index contributed by atoms with van der Waals surface area (Å²) in [6, 6.07) is 6.33. The maximum absolute atomic E-state index is 12.3. The number of nitrogens with zero attached hydrogens (tertiary/aromatic N) is 1. The molecular weight excluding hydrogens is 290 g/mol. The minimum atomic E-state index is -3.62. The van der Waals surface area contributed by atoms with Crippen LogP contribution in [0.15, 0.2) is 35.4 Å². The lowest BCUT2D eigenvalue weighted by atomic mass is 10.2. The second kappa shape index (κ2) is 6.84. The molecule has 0 aliphatic heterocycles. The van der Waals surface area contributed by atoms with Crippen molar-refractivity contribution >= 4 is 20.8 Å². The molecule has 21 heavy (non-hydrogen) atoms. The van der Waals surface area contributed by atoms with E-state index in [1.54, 1.807) is 18.2 Å². The second-order valence-corrected chi connectivity index (χ2v) is 6.37. The molecule has 0 radical (unpaired) electrons. The molecule has 0 amide bonds. The Balaban J connectivity index is 2.22. The smallest absolute Gasteiger partial charge is 0.241 e. The lowest BCUT2D eigenvalue weighted by Crippen LogP contribution is -2.32. The first-order chi connectivity index (χ1) is 10.1. The van der Waals surface area contributed by atoms with Gasteiger partial charge in [-0.25, -0.2) is 18.1 Å². The van der Waals surface area contributed by atoms with Gasteiger partial charge in [0, 0.05) is 30.1 Å². The third kappa shape index (κ3) is 3.69. The molecule has 0 aliphatic rings. The fourth-order valence-electron chi connectivity index (χ4n) is 2.05. The Hall–Kier alpha value is -1.70. The van der Waals surface area contributed by atoms with Gasteiger partial charge in [0.15, 0.2) is 0 Å². The molecule has 6 nitrogen and oxygen atoms in total. The van der Waals surface area contributed by atoms with Gasteiger partial charge in [0.25, 0.3) is 0 Å². The van der Waals surface area contributed by atoms with Gasteiger partial charge >= 0.3 is 0 Å². The summed E-state index contributed by atoms with van der Waals surface area (Å²) >= 11 is 0. The van der Waals surface area contributed by atoms with Crippen LogP contribution in [0.2, 0.25) is 0 Å². The topological polar surface area (TPSA) is 91.3 Å². The number of hydrogen-bond acceptors (Lipinski definition) is 5. The lowest BCUT2D eigenvalue weighted by Gasteiger charge is -2.10. The van der Waals surface area contributed by atoms with E-state index in [9.17, 15) is 13.5 Å². The van der Waals surface area contributed by atoms with Crippen molar-refractivity contribution in [3.05, 3.63) is 30.5 Å². The quantitative estimate of drug-likeness (QED) is 0.669. The Morgan fingerprint density at radius 1 is 1.14 bits per heavy atom. The average molecular weight is 309 g/mol. The first kappa shape index (κ1) is 15.7. The summed E-state index contributed by atoms with van der Waals surface area (Å²) in [5.41, 5.74) is 0. The highest BCUT2D eigenvalue weighted by atomic mass is 32.2. The monoisotopic (exact) mass is 309 g/mol. The molecule has 0 fully saturated rings. The van der Waals surface area contributed by atoms with Gasteiger partial charge in [-0.05, 0) is 31.2 Å². The van der Waals surface area contributed by atoms with Crippen LogP contribution in [0.1, 0.15) is 13.3 Å². The van der Waals surface area contributed by atoms with E-state index in [2.05, 4.69) is 15.0 Å². The Kier molecular flexibility index (Phi) is 5.11. The number of hydrogen-bond donors (Lipinski definition) is 3. The first-order valence-corrected chi connectivity index (χ1v) is 8.31. The van der Waals surface area contributed by atoms with Crippen molar-refractivity contribution in [1.29, 1.82) is 0 Å². The fourth-order valence-corrected chi connectivity index (χ4v) is 3.30. The van der Waals surface area contributed by atoms with Crippen LogP contribution in [-0.4, -0.2) is 38.1 Å². The van der Waals surface area contributed by atoms with E-state index in [1.165, 1.54) is 12.3 Å².